The van der Waals surface area contributed by atoms with Crippen LogP contribution in [0.2, 0.25) is 0 Å². The number of piperazine rings is 1. The van der Waals surface area contributed by atoms with Gasteiger partial charge < -0.3 is 49.7 Å². The van der Waals surface area contributed by atoms with E-state index in [1.165, 1.54) is 0 Å². The van der Waals surface area contributed by atoms with Crippen LogP contribution in [0.3, 0.4) is 0 Å². The molecule has 0 aliphatic carbocycles. The zero-order valence-electron chi connectivity index (χ0n) is 25.5. The second-order valence-electron chi connectivity index (χ2n) is 11.6. The van der Waals surface area contributed by atoms with Gasteiger partial charge in [0.05, 0.1) is 43.9 Å². The van der Waals surface area contributed by atoms with Crippen molar-refractivity contribution in [3.05, 3.63) is 53.6 Å². The van der Waals surface area contributed by atoms with Gasteiger partial charge in [-0.1, -0.05) is 24.3 Å². The van der Waals surface area contributed by atoms with Gasteiger partial charge in [-0.15, -0.1) is 5.10 Å². The summed E-state index contributed by atoms with van der Waals surface area (Å²) in [6, 6.07) is 13.8. The molecule has 5 rings (SSSR count). The Morgan fingerprint density at radius 1 is 0.800 bits per heavy atom. The lowest BCUT2D eigenvalue weighted by Crippen LogP contribution is -2.60. The normalized spacial score (nSPS) is 24.7. The van der Waals surface area contributed by atoms with Crippen LogP contribution in [0.1, 0.15) is 17.5 Å². The topological polar surface area (TPSA) is 173 Å². The number of ether oxygens (including phenoxy) is 3. The highest BCUT2D eigenvalue weighted by Crippen LogP contribution is 2.33. The number of β-amino-alcohol motifs (C(OH)–C–C–N with tert-alkyl or cyclic N) is 1. The molecule has 1 aromatic heterocycles. The molecular formula is C32H46N4O9. The van der Waals surface area contributed by atoms with E-state index in [0.717, 1.165) is 74.5 Å². The number of hydrogen-bond acceptors (Lipinski definition) is 12. The Bertz CT molecular complexity index is 1330. The molecule has 45 heavy (non-hydrogen) atoms. The van der Waals surface area contributed by atoms with Gasteiger partial charge in [0.2, 0.25) is 12.2 Å². The lowest BCUT2D eigenvalue weighted by Gasteiger charge is -2.39. The maximum atomic E-state index is 10.5. The van der Waals surface area contributed by atoms with E-state index in [0.29, 0.717) is 18.4 Å². The molecule has 2 fully saturated rings. The van der Waals surface area contributed by atoms with E-state index in [1.807, 2.05) is 30.3 Å². The van der Waals surface area contributed by atoms with Gasteiger partial charge in [-0.25, -0.2) is 0 Å². The molecule has 2 saturated heterocycles. The van der Waals surface area contributed by atoms with Crippen LogP contribution in [0.25, 0.3) is 10.9 Å². The first-order valence-electron chi connectivity index (χ1n) is 15.8. The third-order valence-corrected chi connectivity index (χ3v) is 8.60. The fourth-order valence-corrected chi connectivity index (χ4v) is 5.98. The number of aryl methyl sites for hydroxylation is 2. The zero-order valence-corrected chi connectivity index (χ0v) is 25.5. The summed E-state index contributed by atoms with van der Waals surface area (Å²) in [5, 5.41) is 64.4. The maximum absolute atomic E-state index is 10.5. The fourth-order valence-electron chi connectivity index (χ4n) is 5.98. The van der Waals surface area contributed by atoms with Crippen LogP contribution in [0.5, 0.6) is 11.6 Å². The van der Waals surface area contributed by atoms with Crippen LogP contribution in [0.4, 0.5) is 0 Å². The minimum absolute atomic E-state index is 0.142. The Hall–Kier alpha value is -2.85. The predicted octanol–water partition coefficient (Wildman–Crippen LogP) is -0.629. The molecule has 13 nitrogen and oxygen atoms in total. The number of hydrogen-bond donors (Lipinski definition) is 6. The summed E-state index contributed by atoms with van der Waals surface area (Å²) >= 11 is 0. The Labute approximate surface area is 262 Å². The van der Waals surface area contributed by atoms with Crippen molar-refractivity contribution in [3.8, 4) is 11.6 Å². The molecule has 0 unspecified atom stereocenters. The summed E-state index contributed by atoms with van der Waals surface area (Å²) in [4.78, 5) is 4.73. The average Bonchev–Trinajstić information content (AvgIpc) is 3.41. The molecule has 5 atom stereocenters. The highest BCUT2D eigenvalue weighted by atomic mass is 16.7. The first-order valence-corrected chi connectivity index (χ1v) is 15.8. The highest BCUT2D eigenvalue weighted by Gasteiger charge is 2.45. The van der Waals surface area contributed by atoms with Gasteiger partial charge in [0, 0.05) is 39.3 Å². The van der Waals surface area contributed by atoms with Crippen molar-refractivity contribution < 1.29 is 44.8 Å². The van der Waals surface area contributed by atoms with Crippen LogP contribution in [0, 0.1) is 0 Å². The van der Waals surface area contributed by atoms with Crippen molar-refractivity contribution in [1.29, 1.82) is 0 Å². The largest absolute Gasteiger partial charge is 0.494 e. The van der Waals surface area contributed by atoms with E-state index >= 15 is 0 Å². The van der Waals surface area contributed by atoms with Crippen LogP contribution in [0.15, 0.2) is 42.5 Å². The van der Waals surface area contributed by atoms with Gasteiger partial charge in [-0.3, -0.25) is 9.58 Å². The second kappa shape index (κ2) is 16.1. The van der Waals surface area contributed by atoms with E-state index in [2.05, 4.69) is 27.0 Å². The van der Waals surface area contributed by atoms with Gasteiger partial charge in [0.25, 0.3) is 0 Å². The van der Waals surface area contributed by atoms with E-state index in [9.17, 15) is 25.5 Å². The third kappa shape index (κ3) is 8.30. The summed E-state index contributed by atoms with van der Waals surface area (Å²) in [6.07, 6.45) is -4.78. The molecule has 0 radical (unpaired) electrons. The number of nitrogens with zero attached hydrogens (tertiary/aromatic N) is 4. The van der Waals surface area contributed by atoms with E-state index < -0.39 is 37.3 Å². The fraction of sp³-hybridized carbons (Fsp3) is 0.594. The van der Waals surface area contributed by atoms with Crippen LogP contribution < -0.4 is 9.47 Å². The molecule has 248 valence electrons. The molecular weight excluding hydrogens is 584 g/mol. The van der Waals surface area contributed by atoms with Crippen molar-refractivity contribution in [1.82, 2.24) is 19.6 Å². The number of aliphatic hydroxyl groups is 6. The van der Waals surface area contributed by atoms with Crippen molar-refractivity contribution in [3.63, 3.8) is 0 Å². The van der Waals surface area contributed by atoms with Gasteiger partial charge in [-0.2, -0.15) is 0 Å². The minimum atomic E-state index is -1.57. The van der Waals surface area contributed by atoms with Crippen molar-refractivity contribution in [2.75, 3.05) is 65.7 Å². The molecule has 13 heteroatoms. The lowest BCUT2D eigenvalue weighted by atomic mass is 9.99. The Kier molecular flexibility index (Phi) is 12.0. The molecule has 2 aromatic carbocycles. The smallest absolute Gasteiger partial charge is 0.243 e. The summed E-state index contributed by atoms with van der Waals surface area (Å²) < 4.78 is 19.1. The SMILES string of the molecule is OCCN1CCN(CCCOc2ccc(CCc3cccc4c3c(O[C@@H]3O[C@H](CO)[C@@H](O)[C@H](O)[C@H]3O)nn4CCO)cc2)CC1. The van der Waals surface area contributed by atoms with Crippen molar-refractivity contribution in [2.45, 2.75) is 56.5 Å². The zero-order chi connectivity index (χ0) is 31.8. The van der Waals surface area contributed by atoms with Crippen LogP contribution in [-0.4, -0.2) is 147 Å². The Morgan fingerprint density at radius 2 is 1.51 bits per heavy atom. The number of aromatic nitrogens is 2. The minimum Gasteiger partial charge on any atom is -0.494 e. The maximum Gasteiger partial charge on any atom is 0.243 e. The summed E-state index contributed by atoms with van der Waals surface area (Å²) in [6.45, 7) is 6.15. The van der Waals surface area contributed by atoms with Gasteiger partial charge in [0.15, 0.2) is 0 Å². The quantitative estimate of drug-likeness (QED) is 0.118. The Balaban J connectivity index is 1.18. The summed E-state index contributed by atoms with van der Waals surface area (Å²) in [5.74, 6) is 0.989. The molecule has 0 amide bonds. The monoisotopic (exact) mass is 630 g/mol. The first-order chi connectivity index (χ1) is 21.9. The lowest BCUT2D eigenvalue weighted by molar-refractivity contribution is -0.278. The van der Waals surface area contributed by atoms with E-state index in [-0.39, 0.29) is 25.6 Å². The molecule has 0 spiro atoms. The molecule has 6 N–H and O–H groups in total. The highest BCUT2D eigenvalue weighted by molar-refractivity contribution is 5.88. The van der Waals surface area contributed by atoms with Gasteiger partial charge in [-0.05, 0) is 48.6 Å². The molecule has 3 aromatic rings. The number of aliphatic hydroxyl groups excluding tert-OH is 6. The standard InChI is InChI=1S/C32H46N4O9/c37-18-16-35-14-12-34(13-15-35)11-2-20-43-24-9-6-22(7-10-24)5-8-23-3-1-4-25-27(23)31(33-36(25)17-19-38)45-32-30(42)29(41)28(40)26(21-39)44-32/h1,3-4,6-7,9-10,26,28-30,32,37-42H,2,5,8,11-21H2/t26-,28-,29+,30-,32+/m1/s1. The molecule has 2 aliphatic rings. The molecule has 2 aliphatic heterocycles. The van der Waals surface area contributed by atoms with Crippen LogP contribution in [-0.2, 0) is 24.1 Å². The Morgan fingerprint density at radius 3 is 2.20 bits per heavy atom. The first kappa shape index (κ1) is 33.5. The van der Waals surface area contributed by atoms with Crippen LogP contribution >= 0.6 is 0 Å². The third-order valence-electron chi connectivity index (χ3n) is 8.60. The summed E-state index contributed by atoms with van der Waals surface area (Å²) in [5.41, 5.74) is 2.80. The average molecular weight is 631 g/mol. The van der Waals surface area contributed by atoms with Gasteiger partial charge >= 0.3 is 0 Å². The predicted molar refractivity (Wildman–Crippen MR) is 165 cm³/mol. The molecule has 0 saturated carbocycles. The van der Waals surface area contributed by atoms with Crippen molar-refractivity contribution >= 4 is 10.9 Å². The molecule has 0 bridgehead atoms. The van der Waals surface area contributed by atoms with Gasteiger partial charge in [0.1, 0.15) is 30.2 Å². The number of fused-ring (bicyclic) bond motifs is 1. The number of rotatable bonds is 15. The van der Waals surface area contributed by atoms with E-state index in [1.54, 1.807) is 4.68 Å². The van der Waals surface area contributed by atoms with Crippen molar-refractivity contribution in [2.24, 2.45) is 0 Å². The number of benzene rings is 2. The molecule has 3 heterocycles. The second-order valence-corrected chi connectivity index (χ2v) is 11.6. The van der Waals surface area contributed by atoms with E-state index in [4.69, 9.17) is 19.3 Å². The summed E-state index contributed by atoms with van der Waals surface area (Å²) in [7, 11) is 0.